The van der Waals surface area contributed by atoms with E-state index in [0.717, 1.165) is 0 Å². The van der Waals surface area contributed by atoms with Crippen molar-refractivity contribution in [2.24, 2.45) is 0 Å². The highest BCUT2D eigenvalue weighted by molar-refractivity contribution is 6.73. The zero-order valence-corrected chi connectivity index (χ0v) is 12.0. The molecule has 0 aliphatic carbocycles. The number of benzene rings is 1. The summed E-state index contributed by atoms with van der Waals surface area (Å²) in [7, 11) is 16.2. The molecule has 1 saturated heterocycles. The van der Waals surface area contributed by atoms with Gasteiger partial charge in [-0.25, -0.2) is 0 Å². The zero-order chi connectivity index (χ0) is 15.5. The van der Waals surface area contributed by atoms with Crippen LogP contribution < -0.4 is 21.9 Å². The molecule has 6 radical (unpaired) electrons. The lowest BCUT2D eigenvalue weighted by molar-refractivity contribution is 0.00578. The highest BCUT2D eigenvalue weighted by Crippen LogP contribution is 2.37. The predicted octanol–water partition coefficient (Wildman–Crippen LogP) is -2.22. The highest BCUT2D eigenvalue weighted by atomic mass is 16.7. The first kappa shape index (κ1) is 15.4. The summed E-state index contributed by atoms with van der Waals surface area (Å²) in [5, 5.41) is 19.9. The molecular formula is C12H14B4O4. The summed E-state index contributed by atoms with van der Waals surface area (Å²) >= 11 is 0. The lowest BCUT2D eigenvalue weighted by Crippen LogP contribution is -2.54. The van der Waals surface area contributed by atoms with Gasteiger partial charge in [-0.05, 0) is 27.7 Å². The van der Waals surface area contributed by atoms with Crippen LogP contribution in [-0.4, -0.2) is 52.1 Å². The van der Waals surface area contributed by atoms with Gasteiger partial charge in [0.15, 0.2) is 5.75 Å². The molecule has 1 aliphatic heterocycles. The monoisotopic (exact) mass is 266 g/mol. The third-order valence-corrected chi connectivity index (χ3v) is 4.09. The predicted molar refractivity (Wildman–Crippen MR) is 81.7 cm³/mol. The summed E-state index contributed by atoms with van der Waals surface area (Å²) in [4.78, 5) is 0. The number of phenolic OH excluding ortho intramolecular Hbond substituents is 2. The van der Waals surface area contributed by atoms with E-state index in [1.165, 1.54) is 0 Å². The fourth-order valence-corrected chi connectivity index (χ4v) is 2.00. The molecule has 0 atom stereocenters. The Kier molecular flexibility index (Phi) is 3.46. The zero-order valence-electron chi connectivity index (χ0n) is 12.0. The fourth-order valence-electron chi connectivity index (χ4n) is 2.00. The summed E-state index contributed by atoms with van der Waals surface area (Å²) in [6.07, 6.45) is 0. The van der Waals surface area contributed by atoms with Gasteiger partial charge in [-0.3, -0.25) is 0 Å². The number of rotatable bonds is 1. The van der Waals surface area contributed by atoms with E-state index in [2.05, 4.69) is 0 Å². The molecule has 2 rings (SSSR count). The lowest BCUT2D eigenvalue weighted by Gasteiger charge is -2.32. The summed E-state index contributed by atoms with van der Waals surface area (Å²) < 4.78 is 11.6. The van der Waals surface area contributed by atoms with Crippen LogP contribution in [0.1, 0.15) is 27.7 Å². The van der Waals surface area contributed by atoms with Crippen LogP contribution in [0, 0.1) is 0 Å². The van der Waals surface area contributed by atoms with Crippen molar-refractivity contribution in [3.8, 4) is 11.5 Å². The Labute approximate surface area is 123 Å². The minimum atomic E-state index is -0.936. The average Bonchev–Trinajstić information content (AvgIpc) is 2.53. The van der Waals surface area contributed by atoms with Gasteiger partial charge in [0.25, 0.3) is 0 Å². The highest BCUT2D eigenvalue weighted by Gasteiger charge is 2.53. The van der Waals surface area contributed by atoms with Gasteiger partial charge in [-0.2, -0.15) is 0 Å². The summed E-state index contributed by atoms with van der Waals surface area (Å²) in [6, 6.07) is 0. The topological polar surface area (TPSA) is 58.9 Å². The van der Waals surface area contributed by atoms with Crippen LogP contribution in [-0.2, 0) is 9.31 Å². The van der Waals surface area contributed by atoms with Crippen LogP contribution >= 0.6 is 0 Å². The van der Waals surface area contributed by atoms with Crippen molar-refractivity contribution in [2.45, 2.75) is 38.9 Å². The van der Waals surface area contributed by atoms with Crippen molar-refractivity contribution < 1.29 is 19.5 Å². The first-order chi connectivity index (χ1) is 8.99. The van der Waals surface area contributed by atoms with Crippen LogP contribution in [0.15, 0.2) is 0 Å². The van der Waals surface area contributed by atoms with Gasteiger partial charge in [0.05, 0.1) is 11.2 Å². The van der Waals surface area contributed by atoms with E-state index in [0.29, 0.717) is 0 Å². The molecule has 8 heteroatoms. The fraction of sp³-hybridized carbons (Fsp3) is 0.500. The van der Waals surface area contributed by atoms with E-state index in [9.17, 15) is 10.2 Å². The van der Waals surface area contributed by atoms with Crippen molar-refractivity contribution >= 4 is 52.5 Å². The quantitative estimate of drug-likeness (QED) is 0.446. The maximum absolute atomic E-state index is 10.1. The van der Waals surface area contributed by atoms with E-state index in [1.807, 2.05) is 27.7 Å². The molecule has 0 saturated carbocycles. The van der Waals surface area contributed by atoms with Crippen molar-refractivity contribution in [2.75, 3.05) is 0 Å². The maximum atomic E-state index is 10.1. The largest absolute Gasteiger partial charge is 0.505 e. The first-order valence-corrected chi connectivity index (χ1v) is 6.23. The van der Waals surface area contributed by atoms with Gasteiger partial charge in [-0.15, -0.1) is 10.9 Å². The van der Waals surface area contributed by atoms with Crippen LogP contribution in [0.3, 0.4) is 0 Å². The second kappa shape index (κ2) is 4.50. The molecule has 4 nitrogen and oxygen atoms in total. The second-order valence-electron chi connectivity index (χ2n) is 5.94. The lowest BCUT2D eigenvalue weighted by atomic mass is 9.62. The van der Waals surface area contributed by atoms with Crippen molar-refractivity contribution in [1.82, 2.24) is 0 Å². The van der Waals surface area contributed by atoms with Gasteiger partial charge in [0, 0.05) is 5.46 Å². The molecule has 1 heterocycles. The standard InChI is InChI=1S/C12H14B4O4/c1-11(2)12(3,4)20-16(19-11)8-6(14)5(13)7(15)9(17)10(8)18/h17-18H,1-4H3. The number of phenols is 2. The molecule has 0 spiro atoms. The number of hydrogen-bond donors (Lipinski definition) is 2. The molecule has 1 aromatic carbocycles. The van der Waals surface area contributed by atoms with Crippen molar-refractivity contribution in [3.63, 3.8) is 0 Å². The summed E-state index contributed by atoms with van der Waals surface area (Å²) in [6.45, 7) is 7.45. The van der Waals surface area contributed by atoms with Crippen LogP contribution in [0.2, 0.25) is 0 Å². The maximum Gasteiger partial charge on any atom is 0.498 e. The Balaban J connectivity index is 2.57. The molecule has 1 aromatic rings. The Bertz CT molecular complexity index is 526. The first-order valence-electron chi connectivity index (χ1n) is 6.23. The molecule has 20 heavy (non-hydrogen) atoms. The normalized spacial score (nSPS) is 20.3. The average molecular weight is 265 g/mol. The van der Waals surface area contributed by atoms with Crippen molar-refractivity contribution in [3.05, 3.63) is 0 Å². The van der Waals surface area contributed by atoms with Crippen LogP contribution in [0.25, 0.3) is 0 Å². The molecule has 0 bridgehead atoms. The van der Waals surface area contributed by atoms with Crippen molar-refractivity contribution in [1.29, 1.82) is 0 Å². The Morgan fingerprint density at radius 2 is 1.25 bits per heavy atom. The van der Waals surface area contributed by atoms with Gasteiger partial charge in [0.1, 0.15) is 29.3 Å². The van der Waals surface area contributed by atoms with E-state index >= 15 is 0 Å². The molecule has 2 N–H and O–H groups in total. The Morgan fingerprint density at radius 3 is 1.70 bits per heavy atom. The Hall–Kier alpha value is -1.00. The molecule has 98 valence electrons. The Morgan fingerprint density at radius 1 is 0.800 bits per heavy atom. The molecule has 0 amide bonds. The van der Waals surface area contributed by atoms with E-state index < -0.39 is 29.8 Å². The summed E-state index contributed by atoms with van der Waals surface area (Å²) in [5.41, 5.74) is -1.26. The molecular weight excluding hydrogens is 251 g/mol. The molecule has 0 aromatic heterocycles. The summed E-state index contributed by atoms with van der Waals surface area (Å²) in [5.74, 6) is -1.01. The van der Waals surface area contributed by atoms with Gasteiger partial charge < -0.3 is 19.5 Å². The smallest absolute Gasteiger partial charge is 0.498 e. The van der Waals surface area contributed by atoms with Crippen LogP contribution in [0.5, 0.6) is 11.5 Å². The third-order valence-electron chi connectivity index (χ3n) is 4.09. The molecule has 1 fully saturated rings. The van der Waals surface area contributed by atoms with Crippen LogP contribution in [0.4, 0.5) is 0 Å². The number of hydrogen-bond acceptors (Lipinski definition) is 4. The minimum absolute atomic E-state index is 0.00925. The third kappa shape index (κ3) is 2.06. The molecule has 0 unspecified atom stereocenters. The minimum Gasteiger partial charge on any atom is -0.505 e. The van der Waals surface area contributed by atoms with E-state index in [1.54, 1.807) is 0 Å². The van der Waals surface area contributed by atoms with E-state index in [-0.39, 0.29) is 21.9 Å². The molecule has 1 aliphatic rings. The SMILES string of the molecule is [B]c1c([B])c(O)c(O)c(B2OC(C)(C)C(C)(C)O2)c1[B]. The number of aromatic hydroxyl groups is 2. The van der Waals surface area contributed by atoms with Gasteiger partial charge >= 0.3 is 7.12 Å². The van der Waals surface area contributed by atoms with Gasteiger partial charge in [-0.1, -0.05) is 5.46 Å². The van der Waals surface area contributed by atoms with E-state index in [4.69, 9.17) is 32.8 Å². The van der Waals surface area contributed by atoms with Gasteiger partial charge in [0.2, 0.25) is 0 Å². The second-order valence-corrected chi connectivity index (χ2v) is 5.94.